The van der Waals surface area contributed by atoms with Crippen molar-refractivity contribution < 1.29 is 14.3 Å². The normalized spacial score (nSPS) is 9.82. The summed E-state index contributed by atoms with van der Waals surface area (Å²) in [5.74, 6) is 1.16. The van der Waals surface area contributed by atoms with Crippen LogP contribution in [0.2, 0.25) is 0 Å². The third-order valence-corrected chi connectivity index (χ3v) is 2.19. The molecule has 0 unspecified atom stereocenters. The maximum absolute atomic E-state index is 11.5. The minimum atomic E-state index is -0.131. The second-order valence-electron chi connectivity index (χ2n) is 3.52. The number of rotatable bonds is 6. The van der Waals surface area contributed by atoms with Crippen molar-refractivity contribution in [1.29, 1.82) is 0 Å². The van der Waals surface area contributed by atoms with Gasteiger partial charge in [-0.25, -0.2) is 0 Å². The van der Waals surface area contributed by atoms with E-state index >= 15 is 0 Å². The molecule has 0 fully saturated rings. The first-order valence-corrected chi connectivity index (χ1v) is 5.84. The van der Waals surface area contributed by atoms with E-state index in [1.54, 1.807) is 25.2 Å². The van der Waals surface area contributed by atoms with E-state index in [0.29, 0.717) is 30.3 Å². The third kappa shape index (κ3) is 3.66. The summed E-state index contributed by atoms with van der Waals surface area (Å²) in [6, 6.07) is 5.20. The van der Waals surface area contributed by atoms with Crippen molar-refractivity contribution in [3.8, 4) is 11.5 Å². The largest absolute Gasteiger partial charge is 0.490 e. The molecule has 4 heteroatoms. The molecule has 94 valence electrons. The molecule has 0 aliphatic carbocycles. The average Bonchev–Trinajstić information content (AvgIpc) is 2.36. The highest BCUT2D eigenvalue weighted by Crippen LogP contribution is 2.28. The quantitative estimate of drug-likeness (QED) is 0.825. The molecule has 1 aromatic carbocycles. The van der Waals surface area contributed by atoms with Gasteiger partial charge in [-0.05, 0) is 31.5 Å². The number of carbonyl (C=O) groups excluding carboxylic acids is 1. The molecule has 17 heavy (non-hydrogen) atoms. The standard InChI is InChI=1S/C13H19NO3/c1-4-8-17-11-7-6-10(13(15)14-3)9-12(11)16-5-2/h6-7,9H,4-5,8H2,1-3H3,(H,14,15). The Balaban J connectivity index is 2.94. The summed E-state index contributed by atoms with van der Waals surface area (Å²) in [5, 5.41) is 2.58. The molecule has 0 atom stereocenters. The molecule has 4 nitrogen and oxygen atoms in total. The van der Waals surface area contributed by atoms with Gasteiger partial charge < -0.3 is 14.8 Å². The Bertz CT molecular complexity index is 377. The Morgan fingerprint density at radius 2 is 2.00 bits per heavy atom. The Hall–Kier alpha value is -1.71. The molecule has 1 aromatic rings. The third-order valence-electron chi connectivity index (χ3n) is 2.19. The van der Waals surface area contributed by atoms with Gasteiger partial charge in [-0.15, -0.1) is 0 Å². The Morgan fingerprint density at radius 1 is 1.24 bits per heavy atom. The maximum atomic E-state index is 11.5. The Labute approximate surface area is 102 Å². The fourth-order valence-electron chi connectivity index (χ4n) is 1.39. The molecule has 0 aliphatic rings. The van der Waals surface area contributed by atoms with Crippen molar-refractivity contribution in [3.63, 3.8) is 0 Å². The second kappa shape index (κ2) is 6.78. The highest BCUT2D eigenvalue weighted by atomic mass is 16.5. The van der Waals surface area contributed by atoms with E-state index in [1.807, 2.05) is 13.8 Å². The summed E-state index contributed by atoms with van der Waals surface area (Å²) < 4.78 is 11.0. The number of carbonyl (C=O) groups is 1. The van der Waals surface area contributed by atoms with Gasteiger partial charge in [-0.1, -0.05) is 6.92 Å². The number of hydrogen-bond donors (Lipinski definition) is 1. The van der Waals surface area contributed by atoms with E-state index in [1.165, 1.54) is 0 Å². The van der Waals surface area contributed by atoms with Crippen LogP contribution in [0.15, 0.2) is 18.2 Å². The van der Waals surface area contributed by atoms with Crippen molar-refractivity contribution in [2.24, 2.45) is 0 Å². The van der Waals surface area contributed by atoms with Gasteiger partial charge in [0, 0.05) is 12.6 Å². The van der Waals surface area contributed by atoms with E-state index in [2.05, 4.69) is 5.32 Å². The van der Waals surface area contributed by atoms with Gasteiger partial charge >= 0.3 is 0 Å². The Morgan fingerprint density at radius 3 is 2.59 bits per heavy atom. The predicted molar refractivity (Wildman–Crippen MR) is 66.8 cm³/mol. The molecule has 0 spiro atoms. The van der Waals surface area contributed by atoms with Gasteiger partial charge in [-0.2, -0.15) is 0 Å². The molecule has 0 heterocycles. The summed E-state index contributed by atoms with van der Waals surface area (Å²) in [6.07, 6.45) is 0.933. The van der Waals surface area contributed by atoms with Crippen LogP contribution in [0.1, 0.15) is 30.6 Å². The SMILES string of the molecule is CCCOc1ccc(C(=O)NC)cc1OCC. The molecule has 1 rings (SSSR count). The molecule has 0 bridgehead atoms. The zero-order chi connectivity index (χ0) is 12.7. The molecular weight excluding hydrogens is 218 g/mol. The van der Waals surface area contributed by atoms with E-state index in [4.69, 9.17) is 9.47 Å². The number of benzene rings is 1. The zero-order valence-electron chi connectivity index (χ0n) is 10.6. The van der Waals surface area contributed by atoms with E-state index in [-0.39, 0.29) is 5.91 Å². The summed E-state index contributed by atoms with van der Waals surface area (Å²) in [6.45, 7) is 5.12. The lowest BCUT2D eigenvalue weighted by Crippen LogP contribution is -2.17. The first-order chi connectivity index (χ1) is 8.22. The number of ether oxygens (including phenoxy) is 2. The summed E-state index contributed by atoms with van der Waals surface area (Å²) in [5.41, 5.74) is 0.569. The van der Waals surface area contributed by atoms with Crippen molar-refractivity contribution in [3.05, 3.63) is 23.8 Å². The number of amides is 1. The molecule has 1 N–H and O–H groups in total. The monoisotopic (exact) mass is 237 g/mol. The van der Waals surface area contributed by atoms with E-state index in [9.17, 15) is 4.79 Å². The molecule has 0 saturated heterocycles. The molecule has 0 aromatic heterocycles. The van der Waals surface area contributed by atoms with Gasteiger partial charge in [0.1, 0.15) is 0 Å². The van der Waals surface area contributed by atoms with Gasteiger partial charge in [0.15, 0.2) is 11.5 Å². The van der Waals surface area contributed by atoms with Crippen LogP contribution in [0.5, 0.6) is 11.5 Å². The fraction of sp³-hybridized carbons (Fsp3) is 0.462. The van der Waals surface area contributed by atoms with E-state index in [0.717, 1.165) is 6.42 Å². The lowest BCUT2D eigenvalue weighted by Gasteiger charge is -2.12. The van der Waals surface area contributed by atoms with E-state index < -0.39 is 0 Å². The van der Waals surface area contributed by atoms with Gasteiger partial charge in [0.2, 0.25) is 0 Å². The van der Waals surface area contributed by atoms with Crippen molar-refractivity contribution in [2.75, 3.05) is 20.3 Å². The van der Waals surface area contributed by atoms with Gasteiger partial charge in [-0.3, -0.25) is 4.79 Å². The summed E-state index contributed by atoms with van der Waals surface area (Å²) in [7, 11) is 1.60. The van der Waals surface area contributed by atoms with Crippen LogP contribution in [0.3, 0.4) is 0 Å². The van der Waals surface area contributed by atoms with Crippen LogP contribution in [0.25, 0.3) is 0 Å². The van der Waals surface area contributed by atoms with Crippen molar-refractivity contribution in [1.82, 2.24) is 5.32 Å². The van der Waals surface area contributed by atoms with Crippen LogP contribution >= 0.6 is 0 Å². The minimum absolute atomic E-state index is 0.131. The minimum Gasteiger partial charge on any atom is -0.490 e. The van der Waals surface area contributed by atoms with Crippen LogP contribution in [-0.2, 0) is 0 Å². The first kappa shape index (κ1) is 13.4. The highest BCUT2D eigenvalue weighted by Gasteiger charge is 2.10. The zero-order valence-corrected chi connectivity index (χ0v) is 10.6. The fourth-order valence-corrected chi connectivity index (χ4v) is 1.39. The molecule has 0 saturated carbocycles. The summed E-state index contributed by atoms with van der Waals surface area (Å²) in [4.78, 5) is 11.5. The van der Waals surface area contributed by atoms with Crippen LogP contribution in [0, 0.1) is 0 Å². The van der Waals surface area contributed by atoms with Gasteiger partial charge in [0.25, 0.3) is 5.91 Å². The maximum Gasteiger partial charge on any atom is 0.251 e. The molecule has 0 aliphatic heterocycles. The second-order valence-corrected chi connectivity index (χ2v) is 3.52. The van der Waals surface area contributed by atoms with Crippen molar-refractivity contribution in [2.45, 2.75) is 20.3 Å². The van der Waals surface area contributed by atoms with Crippen LogP contribution in [-0.4, -0.2) is 26.2 Å². The topological polar surface area (TPSA) is 47.6 Å². The van der Waals surface area contributed by atoms with Gasteiger partial charge in [0.05, 0.1) is 13.2 Å². The van der Waals surface area contributed by atoms with Crippen molar-refractivity contribution >= 4 is 5.91 Å². The lowest BCUT2D eigenvalue weighted by atomic mass is 10.2. The smallest absolute Gasteiger partial charge is 0.251 e. The average molecular weight is 237 g/mol. The molecular formula is C13H19NO3. The number of hydrogen-bond acceptors (Lipinski definition) is 3. The predicted octanol–water partition coefficient (Wildman–Crippen LogP) is 2.23. The molecule has 1 amide bonds. The lowest BCUT2D eigenvalue weighted by molar-refractivity contribution is 0.0962. The highest BCUT2D eigenvalue weighted by molar-refractivity contribution is 5.94. The molecule has 0 radical (unpaired) electrons. The Kier molecular flexibility index (Phi) is 5.33. The van der Waals surface area contributed by atoms with Crippen LogP contribution in [0.4, 0.5) is 0 Å². The number of nitrogens with one attached hydrogen (secondary N) is 1. The summed E-state index contributed by atoms with van der Waals surface area (Å²) >= 11 is 0. The van der Waals surface area contributed by atoms with Crippen LogP contribution < -0.4 is 14.8 Å². The first-order valence-electron chi connectivity index (χ1n) is 5.84.